The molecule has 0 atom stereocenters. The predicted octanol–water partition coefficient (Wildman–Crippen LogP) is 2.39. The van der Waals surface area contributed by atoms with E-state index in [1.54, 1.807) is 0 Å². The van der Waals surface area contributed by atoms with Crippen LogP contribution in [0.2, 0.25) is 0 Å². The highest BCUT2D eigenvalue weighted by Gasteiger charge is 1.93. The number of nitrogens with zero attached hydrogens (tertiary/aromatic N) is 9. The highest BCUT2D eigenvalue weighted by atomic mass is 15.0. The Morgan fingerprint density at radius 1 is 0.222 bits per heavy atom. The van der Waals surface area contributed by atoms with Gasteiger partial charge in [0.25, 0.3) is 0 Å². The largest absolute Gasteiger partial charge is 0.219 e. The third-order valence-corrected chi connectivity index (χ3v) is 2.91. The van der Waals surface area contributed by atoms with Gasteiger partial charge in [-0.15, -0.1) is 0 Å². The minimum absolute atomic E-state index is 0.792. The molecule has 0 fully saturated rings. The van der Waals surface area contributed by atoms with Gasteiger partial charge in [0.15, 0.2) is 0 Å². The Labute approximate surface area is 160 Å². The van der Waals surface area contributed by atoms with E-state index in [4.69, 9.17) is 0 Å². The second-order valence-electron chi connectivity index (χ2n) is 5.93. The molecule has 0 bridgehead atoms. The third kappa shape index (κ3) is 9.34. The normalized spacial score (nSPS) is 9.67. The van der Waals surface area contributed by atoms with Crippen molar-refractivity contribution in [1.29, 1.82) is 0 Å². The summed E-state index contributed by atoms with van der Waals surface area (Å²) in [4.78, 5) is 36.1. The van der Waals surface area contributed by atoms with Gasteiger partial charge in [0.1, 0.15) is 52.4 Å². The van der Waals surface area contributed by atoms with Gasteiger partial charge in [0, 0.05) is 0 Å². The summed E-state index contributed by atoms with van der Waals surface area (Å²) in [7, 11) is 0. The number of rotatable bonds is 0. The Morgan fingerprint density at radius 3 is 0.370 bits per heavy atom. The van der Waals surface area contributed by atoms with Gasteiger partial charge in [-0.05, 0) is 62.3 Å². The molecule has 3 aromatic heterocycles. The quantitative estimate of drug-likeness (QED) is 0.588. The van der Waals surface area contributed by atoms with Crippen LogP contribution in [0.4, 0.5) is 0 Å². The summed E-state index contributed by atoms with van der Waals surface area (Å²) < 4.78 is 0. The smallest absolute Gasteiger partial charge is 0.129 e. The molecule has 0 saturated heterocycles. The SMILES string of the molecule is Cc1nc(C)nc(C)n1.Cc1nc(C)nc(C)n1.Cc1nc(C)nc(C)n1. The second-order valence-corrected chi connectivity index (χ2v) is 5.93. The van der Waals surface area contributed by atoms with E-state index in [1.807, 2.05) is 62.3 Å². The number of aryl methyl sites for hydroxylation is 9. The predicted molar refractivity (Wildman–Crippen MR) is 102 cm³/mol. The van der Waals surface area contributed by atoms with Crippen molar-refractivity contribution >= 4 is 0 Å². The first kappa shape index (κ1) is 22.1. The molecule has 0 amide bonds. The van der Waals surface area contributed by atoms with Crippen LogP contribution in [0.3, 0.4) is 0 Å². The fraction of sp³-hybridized carbons (Fsp3) is 0.500. The fourth-order valence-corrected chi connectivity index (χ4v) is 2.33. The van der Waals surface area contributed by atoms with E-state index in [-0.39, 0.29) is 0 Å². The van der Waals surface area contributed by atoms with Crippen LogP contribution in [0.25, 0.3) is 0 Å². The van der Waals surface area contributed by atoms with Crippen molar-refractivity contribution in [3.05, 3.63) is 52.4 Å². The molecule has 3 aromatic rings. The van der Waals surface area contributed by atoms with E-state index >= 15 is 0 Å². The average molecular weight is 369 g/mol. The van der Waals surface area contributed by atoms with Crippen LogP contribution in [0.1, 0.15) is 52.4 Å². The average Bonchev–Trinajstić information content (AvgIpc) is 2.43. The zero-order valence-corrected chi connectivity index (χ0v) is 17.5. The van der Waals surface area contributed by atoms with E-state index < -0.39 is 0 Å². The van der Waals surface area contributed by atoms with Gasteiger partial charge in [-0.25, -0.2) is 44.9 Å². The van der Waals surface area contributed by atoms with Crippen LogP contribution in [-0.2, 0) is 0 Å². The Balaban J connectivity index is 0.000000202. The van der Waals surface area contributed by atoms with Gasteiger partial charge >= 0.3 is 0 Å². The molecule has 0 unspecified atom stereocenters. The molecule has 0 saturated carbocycles. The first-order valence-corrected chi connectivity index (χ1v) is 8.52. The summed E-state index contributed by atoms with van der Waals surface area (Å²) in [6.45, 7) is 16.8. The molecule has 0 aliphatic rings. The van der Waals surface area contributed by atoms with Gasteiger partial charge in [0.2, 0.25) is 0 Å². The van der Waals surface area contributed by atoms with Crippen LogP contribution < -0.4 is 0 Å². The highest BCUT2D eigenvalue weighted by molar-refractivity contribution is 4.93. The van der Waals surface area contributed by atoms with E-state index in [2.05, 4.69) is 44.9 Å². The highest BCUT2D eigenvalue weighted by Crippen LogP contribution is 1.91. The maximum Gasteiger partial charge on any atom is 0.129 e. The maximum atomic E-state index is 4.01. The summed E-state index contributed by atoms with van der Waals surface area (Å²) in [5, 5.41) is 0. The van der Waals surface area contributed by atoms with Gasteiger partial charge in [-0.2, -0.15) is 0 Å². The summed E-state index contributed by atoms with van der Waals surface area (Å²) in [5.74, 6) is 7.13. The molecule has 0 aliphatic carbocycles. The van der Waals surface area contributed by atoms with E-state index in [0.29, 0.717) is 0 Å². The molecule has 3 rings (SSSR count). The fourth-order valence-electron chi connectivity index (χ4n) is 2.33. The molecule has 9 nitrogen and oxygen atoms in total. The Bertz CT molecular complexity index is 625. The molecule has 0 N–H and O–H groups in total. The molecular weight excluding hydrogens is 342 g/mol. The molecule has 9 heteroatoms. The van der Waals surface area contributed by atoms with E-state index in [9.17, 15) is 0 Å². The zero-order chi connectivity index (χ0) is 20.6. The standard InChI is InChI=1S/3C6H9N3/c3*1-4-7-5(2)9-6(3)8-4/h3*1-3H3. The van der Waals surface area contributed by atoms with Crippen molar-refractivity contribution in [2.24, 2.45) is 0 Å². The van der Waals surface area contributed by atoms with Crippen molar-refractivity contribution in [1.82, 2.24) is 44.9 Å². The van der Waals surface area contributed by atoms with Crippen LogP contribution in [-0.4, -0.2) is 44.9 Å². The van der Waals surface area contributed by atoms with Gasteiger partial charge in [-0.1, -0.05) is 0 Å². The van der Waals surface area contributed by atoms with Crippen molar-refractivity contribution in [3.63, 3.8) is 0 Å². The lowest BCUT2D eigenvalue weighted by molar-refractivity contribution is 0.874. The molecule has 0 radical (unpaired) electrons. The Morgan fingerprint density at radius 2 is 0.296 bits per heavy atom. The van der Waals surface area contributed by atoms with Crippen molar-refractivity contribution in [2.45, 2.75) is 62.3 Å². The lowest BCUT2D eigenvalue weighted by Gasteiger charge is -1.94. The van der Waals surface area contributed by atoms with Gasteiger partial charge in [0.05, 0.1) is 0 Å². The van der Waals surface area contributed by atoms with Gasteiger partial charge in [-0.3, -0.25) is 0 Å². The molecule has 27 heavy (non-hydrogen) atoms. The molecular formula is C18H27N9. The molecule has 0 spiro atoms. The summed E-state index contributed by atoms with van der Waals surface area (Å²) >= 11 is 0. The number of aromatic nitrogens is 9. The minimum atomic E-state index is 0.792. The van der Waals surface area contributed by atoms with E-state index in [0.717, 1.165) is 52.4 Å². The molecule has 144 valence electrons. The van der Waals surface area contributed by atoms with Gasteiger partial charge < -0.3 is 0 Å². The summed E-state index contributed by atoms with van der Waals surface area (Å²) in [5.41, 5.74) is 0. The Kier molecular flexibility index (Phi) is 8.37. The first-order chi connectivity index (χ1) is 12.5. The first-order valence-electron chi connectivity index (χ1n) is 8.52. The molecule has 3 heterocycles. The topological polar surface area (TPSA) is 116 Å². The number of hydrogen-bond donors (Lipinski definition) is 0. The van der Waals surface area contributed by atoms with Crippen LogP contribution >= 0.6 is 0 Å². The third-order valence-electron chi connectivity index (χ3n) is 2.91. The minimum Gasteiger partial charge on any atom is -0.219 e. The molecule has 0 aliphatic heterocycles. The van der Waals surface area contributed by atoms with Crippen molar-refractivity contribution in [2.75, 3.05) is 0 Å². The van der Waals surface area contributed by atoms with Crippen LogP contribution in [0, 0.1) is 62.3 Å². The van der Waals surface area contributed by atoms with Crippen molar-refractivity contribution < 1.29 is 0 Å². The lowest BCUT2D eigenvalue weighted by atomic mass is 10.6. The zero-order valence-electron chi connectivity index (χ0n) is 17.5. The monoisotopic (exact) mass is 369 g/mol. The van der Waals surface area contributed by atoms with Crippen LogP contribution in [0.5, 0.6) is 0 Å². The van der Waals surface area contributed by atoms with E-state index in [1.165, 1.54) is 0 Å². The summed E-state index contributed by atoms with van der Waals surface area (Å²) in [6, 6.07) is 0. The molecule has 0 aromatic carbocycles. The van der Waals surface area contributed by atoms with Crippen molar-refractivity contribution in [3.8, 4) is 0 Å². The van der Waals surface area contributed by atoms with Crippen LogP contribution in [0.15, 0.2) is 0 Å². The second kappa shape index (κ2) is 10.2. The maximum absolute atomic E-state index is 4.01. The lowest BCUT2D eigenvalue weighted by Crippen LogP contribution is -1.97. The number of hydrogen-bond acceptors (Lipinski definition) is 9. The summed E-state index contributed by atoms with van der Waals surface area (Å²) in [6.07, 6.45) is 0. The Hall–Kier alpha value is -2.97.